The molecule has 2 N–H and O–H groups in total. The van der Waals surface area contributed by atoms with Crippen LogP contribution in [0.4, 0.5) is 5.69 Å². The van der Waals surface area contributed by atoms with E-state index in [9.17, 15) is 9.59 Å². The zero-order chi connectivity index (χ0) is 21.3. The molecule has 0 unspecified atom stereocenters. The van der Waals surface area contributed by atoms with Crippen molar-refractivity contribution in [1.82, 2.24) is 10.3 Å². The Morgan fingerprint density at radius 3 is 2.43 bits per heavy atom. The topological polar surface area (TPSA) is 89.5 Å². The predicted octanol–water partition coefficient (Wildman–Crippen LogP) is 3.43. The Balaban J connectivity index is 1.62. The molecule has 0 fully saturated rings. The maximum absolute atomic E-state index is 12.6. The summed E-state index contributed by atoms with van der Waals surface area (Å²) >= 11 is 0. The summed E-state index contributed by atoms with van der Waals surface area (Å²) in [6.45, 7) is 1.98. The van der Waals surface area contributed by atoms with Gasteiger partial charge in [-0.15, -0.1) is 0 Å². The standard InChI is InChI=1S/C23H23N3O4/c1-16(30-19-11-9-18(29-2)10-12-19)22(27)26-21-8-4-3-7-20(21)23(28)25-15-17-6-5-13-24-14-17/h3-14,16H,15H2,1-2H3,(H,25,28)(H,26,27)/t16-/m0/s1. The van der Waals surface area contributed by atoms with Gasteiger partial charge in [0.15, 0.2) is 6.10 Å². The Hall–Kier alpha value is -3.87. The summed E-state index contributed by atoms with van der Waals surface area (Å²) in [6, 6.07) is 17.5. The number of carbonyl (C=O) groups is 2. The molecule has 3 rings (SSSR count). The van der Waals surface area contributed by atoms with Crippen molar-refractivity contribution in [3.63, 3.8) is 0 Å². The van der Waals surface area contributed by atoms with Gasteiger partial charge in [-0.1, -0.05) is 18.2 Å². The van der Waals surface area contributed by atoms with Gasteiger partial charge in [0.05, 0.1) is 18.4 Å². The molecule has 1 atom stereocenters. The van der Waals surface area contributed by atoms with Gasteiger partial charge in [-0.25, -0.2) is 0 Å². The molecule has 1 aromatic heterocycles. The van der Waals surface area contributed by atoms with Gasteiger partial charge in [-0.05, 0) is 55.0 Å². The average molecular weight is 405 g/mol. The molecule has 7 nitrogen and oxygen atoms in total. The molecule has 0 spiro atoms. The van der Waals surface area contributed by atoms with Crippen molar-refractivity contribution in [2.45, 2.75) is 19.6 Å². The summed E-state index contributed by atoms with van der Waals surface area (Å²) in [7, 11) is 1.58. The van der Waals surface area contributed by atoms with Gasteiger partial charge < -0.3 is 20.1 Å². The normalized spacial score (nSPS) is 11.3. The molecule has 2 aromatic carbocycles. The second-order valence-electron chi connectivity index (χ2n) is 6.51. The third-order valence-electron chi connectivity index (χ3n) is 4.35. The number of hydrogen-bond acceptors (Lipinski definition) is 5. The number of pyridine rings is 1. The fourth-order valence-electron chi connectivity index (χ4n) is 2.72. The van der Waals surface area contributed by atoms with Crippen molar-refractivity contribution in [3.8, 4) is 11.5 Å². The van der Waals surface area contributed by atoms with Crippen molar-refractivity contribution in [2.24, 2.45) is 0 Å². The summed E-state index contributed by atoms with van der Waals surface area (Å²) in [5.41, 5.74) is 1.66. The molecule has 7 heteroatoms. The lowest BCUT2D eigenvalue weighted by molar-refractivity contribution is -0.122. The molecule has 154 valence electrons. The molecular weight excluding hydrogens is 382 g/mol. The van der Waals surface area contributed by atoms with E-state index in [2.05, 4.69) is 15.6 Å². The molecule has 0 bridgehead atoms. The van der Waals surface area contributed by atoms with Crippen LogP contribution in [0.2, 0.25) is 0 Å². The molecule has 0 saturated heterocycles. The van der Waals surface area contributed by atoms with E-state index in [4.69, 9.17) is 9.47 Å². The number of rotatable bonds is 8. The highest BCUT2D eigenvalue weighted by molar-refractivity contribution is 6.04. The second kappa shape index (κ2) is 10.1. The first-order valence-electron chi connectivity index (χ1n) is 9.44. The monoisotopic (exact) mass is 405 g/mol. The van der Waals surface area contributed by atoms with Crippen LogP contribution in [0.25, 0.3) is 0 Å². The van der Waals surface area contributed by atoms with Crippen LogP contribution in [0, 0.1) is 0 Å². The molecule has 3 aromatic rings. The summed E-state index contributed by atoms with van der Waals surface area (Å²) in [6.07, 6.45) is 2.60. The Morgan fingerprint density at radius 1 is 1.00 bits per heavy atom. The lowest BCUT2D eigenvalue weighted by Gasteiger charge is -2.16. The molecule has 30 heavy (non-hydrogen) atoms. The summed E-state index contributed by atoms with van der Waals surface area (Å²) in [5, 5.41) is 5.61. The SMILES string of the molecule is COc1ccc(O[C@@H](C)C(=O)Nc2ccccc2C(=O)NCc2cccnc2)cc1. The quantitative estimate of drug-likeness (QED) is 0.599. The number of carbonyl (C=O) groups excluding carboxylic acids is 2. The molecule has 1 heterocycles. The second-order valence-corrected chi connectivity index (χ2v) is 6.51. The molecule has 0 aliphatic heterocycles. The van der Waals surface area contributed by atoms with E-state index in [0.29, 0.717) is 29.3 Å². The summed E-state index contributed by atoms with van der Waals surface area (Å²) in [5.74, 6) is 0.587. The largest absolute Gasteiger partial charge is 0.497 e. The molecule has 2 amide bonds. The minimum atomic E-state index is -0.759. The number of amides is 2. The third-order valence-corrected chi connectivity index (χ3v) is 4.35. The lowest BCUT2D eigenvalue weighted by Crippen LogP contribution is -2.31. The van der Waals surface area contributed by atoms with Crippen LogP contribution in [0.1, 0.15) is 22.8 Å². The van der Waals surface area contributed by atoms with Gasteiger partial charge in [-0.3, -0.25) is 14.6 Å². The molecule has 0 aliphatic carbocycles. The summed E-state index contributed by atoms with van der Waals surface area (Å²) in [4.78, 5) is 29.2. The van der Waals surface area contributed by atoms with E-state index in [1.54, 1.807) is 81.0 Å². The molecular formula is C23H23N3O4. The number of nitrogens with one attached hydrogen (secondary N) is 2. The van der Waals surface area contributed by atoms with Gasteiger partial charge in [0.2, 0.25) is 0 Å². The zero-order valence-corrected chi connectivity index (χ0v) is 16.8. The van der Waals surface area contributed by atoms with Gasteiger partial charge in [0.1, 0.15) is 11.5 Å². The molecule has 0 aliphatic rings. The van der Waals surface area contributed by atoms with E-state index in [0.717, 1.165) is 5.56 Å². The third kappa shape index (κ3) is 5.57. The maximum Gasteiger partial charge on any atom is 0.265 e. The van der Waals surface area contributed by atoms with Crippen LogP contribution in [-0.2, 0) is 11.3 Å². The van der Waals surface area contributed by atoms with E-state index < -0.39 is 6.10 Å². The number of anilines is 1. The number of methoxy groups -OCH3 is 1. The van der Waals surface area contributed by atoms with Crippen LogP contribution >= 0.6 is 0 Å². The van der Waals surface area contributed by atoms with Crippen molar-refractivity contribution >= 4 is 17.5 Å². The molecule has 0 saturated carbocycles. The van der Waals surface area contributed by atoms with Crippen molar-refractivity contribution < 1.29 is 19.1 Å². The number of hydrogen-bond donors (Lipinski definition) is 2. The number of aromatic nitrogens is 1. The van der Waals surface area contributed by atoms with Crippen LogP contribution < -0.4 is 20.1 Å². The highest BCUT2D eigenvalue weighted by Crippen LogP contribution is 2.20. The first kappa shape index (κ1) is 20.9. The van der Waals surface area contributed by atoms with Gasteiger partial charge in [0.25, 0.3) is 11.8 Å². The Kier molecular flexibility index (Phi) is 7.00. The van der Waals surface area contributed by atoms with E-state index in [1.165, 1.54) is 0 Å². The number of nitrogens with zero attached hydrogens (tertiary/aromatic N) is 1. The Morgan fingerprint density at radius 2 is 1.73 bits per heavy atom. The zero-order valence-electron chi connectivity index (χ0n) is 16.8. The Labute approximate surface area is 175 Å². The molecule has 0 radical (unpaired) electrons. The van der Waals surface area contributed by atoms with Crippen LogP contribution in [-0.4, -0.2) is 30.0 Å². The highest BCUT2D eigenvalue weighted by atomic mass is 16.5. The smallest absolute Gasteiger partial charge is 0.265 e. The highest BCUT2D eigenvalue weighted by Gasteiger charge is 2.18. The minimum Gasteiger partial charge on any atom is -0.497 e. The minimum absolute atomic E-state index is 0.293. The average Bonchev–Trinajstić information content (AvgIpc) is 2.79. The number of ether oxygens (including phenoxy) is 2. The first-order chi connectivity index (χ1) is 14.6. The predicted molar refractivity (Wildman–Crippen MR) is 114 cm³/mol. The van der Waals surface area contributed by atoms with E-state index in [1.807, 2.05) is 6.07 Å². The van der Waals surface area contributed by atoms with Gasteiger partial charge in [-0.2, -0.15) is 0 Å². The van der Waals surface area contributed by atoms with Gasteiger partial charge in [0, 0.05) is 18.9 Å². The van der Waals surface area contributed by atoms with Crippen molar-refractivity contribution in [1.29, 1.82) is 0 Å². The van der Waals surface area contributed by atoms with E-state index >= 15 is 0 Å². The number of benzene rings is 2. The van der Waals surface area contributed by atoms with Gasteiger partial charge >= 0.3 is 0 Å². The van der Waals surface area contributed by atoms with Crippen molar-refractivity contribution in [3.05, 3.63) is 84.2 Å². The first-order valence-corrected chi connectivity index (χ1v) is 9.44. The van der Waals surface area contributed by atoms with Crippen LogP contribution in [0.5, 0.6) is 11.5 Å². The van der Waals surface area contributed by atoms with E-state index in [-0.39, 0.29) is 11.8 Å². The fourth-order valence-corrected chi connectivity index (χ4v) is 2.72. The summed E-state index contributed by atoms with van der Waals surface area (Å²) < 4.78 is 10.8. The number of para-hydroxylation sites is 1. The van der Waals surface area contributed by atoms with Crippen LogP contribution in [0.3, 0.4) is 0 Å². The van der Waals surface area contributed by atoms with Crippen molar-refractivity contribution in [2.75, 3.05) is 12.4 Å². The fraction of sp³-hybridized carbons (Fsp3) is 0.174. The maximum atomic E-state index is 12.6. The Bertz CT molecular complexity index is 991. The lowest BCUT2D eigenvalue weighted by atomic mass is 10.1. The van der Waals surface area contributed by atoms with Crippen LogP contribution in [0.15, 0.2) is 73.1 Å².